The Morgan fingerprint density at radius 3 is 2.69 bits per heavy atom. The number of aromatic nitrogens is 3. The van der Waals surface area contributed by atoms with Crippen LogP contribution < -0.4 is 15.6 Å². The van der Waals surface area contributed by atoms with E-state index in [2.05, 4.69) is 15.1 Å². The Balaban J connectivity index is 1.70. The van der Waals surface area contributed by atoms with Gasteiger partial charge in [-0.3, -0.25) is 14.3 Å². The highest BCUT2D eigenvalue weighted by molar-refractivity contribution is 5.96. The Bertz CT molecular complexity index is 1590. The third kappa shape index (κ3) is 3.23. The van der Waals surface area contributed by atoms with E-state index in [1.165, 1.54) is 23.8 Å². The van der Waals surface area contributed by atoms with Crippen molar-refractivity contribution in [2.45, 2.75) is 25.3 Å². The molecule has 3 fully saturated rings. The molecule has 0 spiro atoms. The molecule has 0 unspecified atom stereocenters. The van der Waals surface area contributed by atoms with Crippen LogP contribution in [0.15, 0.2) is 53.5 Å². The van der Waals surface area contributed by atoms with Crippen LogP contribution in [0.25, 0.3) is 32.6 Å². The molecular formula is C27H22FN5O2. The summed E-state index contributed by atoms with van der Waals surface area (Å²) >= 11 is 0. The highest BCUT2D eigenvalue weighted by Crippen LogP contribution is 2.50. The smallest absolute Gasteiger partial charge is 0.264 e. The van der Waals surface area contributed by atoms with Crippen molar-refractivity contribution in [3.05, 3.63) is 87.8 Å². The predicted molar refractivity (Wildman–Crippen MR) is 130 cm³/mol. The van der Waals surface area contributed by atoms with Crippen molar-refractivity contribution in [1.82, 2.24) is 19.9 Å². The number of halogens is 1. The summed E-state index contributed by atoms with van der Waals surface area (Å²) in [6.07, 6.45) is 3.46. The topological polar surface area (TPSA) is 73.4 Å². The van der Waals surface area contributed by atoms with E-state index in [1.807, 2.05) is 19.1 Å². The van der Waals surface area contributed by atoms with E-state index in [0.29, 0.717) is 39.6 Å². The zero-order valence-electron chi connectivity index (χ0n) is 19.3. The van der Waals surface area contributed by atoms with Crippen LogP contribution in [0, 0.1) is 25.2 Å². The van der Waals surface area contributed by atoms with Gasteiger partial charge in [-0.05, 0) is 68.1 Å². The molecule has 35 heavy (non-hydrogen) atoms. The average Bonchev–Trinajstić information content (AvgIpc) is 3.46. The Kier molecular flexibility index (Phi) is 4.73. The van der Waals surface area contributed by atoms with Gasteiger partial charge in [0.25, 0.3) is 5.56 Å². The van der Waals surface area contributed by atoms with Crippen LogP contribution in [0.5, 0.6) is 5.75 Å². The molecule has 4 aromatic rings. The quantitative estimate of drug-likeness (QED) is 0.442. The van der Waals surface area contributed by atoms with Gasteiger partial charge in [-0.25, -0.2) is 14.2 Å². The molecule has 1 N–H and O–H groups in total. The maximum atomic E-state index is 14.7. The minimum Gasteiger partial charge on any atom is -0.494 e. The molecule has 0 atom stereocenters. The summed E-state index contributed by atoms with van der Waals surface area (Å²) in [6.45, 7) is 10.4. The van der Waals surface area contributed by atoms with Gasteiger partial charge in [0.1, 0.15) is 5.82 Å². The van der Waals surface area contributed by atoms with Gasteiger partial charge in [0.15, 0.2) is 17.3 Å². The van der Waals surface area contributed by atoms with Gasteiger partial charge in [0.05, 0.1) is 35.8 Å². The molecule has 7 rings (SSSR count). The van der Waals surface area contributed by atoms with Crippen molar-refractivity contribution < 1.29 is 9.13 Å². The van der Waals surface area contributed by atoms with Crippen LogP contribution >= 0.6 is 0 Å². The molecular weight excluding hydrogens is 445 g/mol. The van der Waals surface area contributed by atoms with Gasteiger partial charge in [0.2, 0.25) is 0 Å². The molecule has 1 aliphatic carbocycles. The number of benzene rings is 2. The minimum atomic E-state index is -0.562. The largest absolute Gasteiger partial charge is 0.494 e. The fourth-order valence-electron chi connectivity index (χ4n) is 5.36. The number of hydrogen-bond acceptors (Lipinski definition) is 5. The Hall–Kier alpha value is -4.09. The molecule has 1 saturated carbocycles. The lowest BCUT2D eigenvalue weighted by molar-refractivity contribution is 0.211. The van der Waals surface area contributed by atoms with E-state index >= 15 is 0 Å². The summed E-state index contributed by atoms with van der Waals surface area (Å²) < 4.78 is 21.3. The first kappa shape index (κ1) is 21.4. The van der Waals surface area contributed by atoms with Gasteiger partial charge in [-0.15, -0.1) is 0 Å². The van der Waals surface area contributed by atoms with Crippen molar-refractivity contribution >= 4 is 16.6 Å². The number of nitrogens with one attached hydrogen (secondary N) is 1. The molecule has 0 amide bonds. The fraction of sp³-hybridized carbons (Fsp3) is 0.259. The van der Waals surface area contributed by atoms with Crippen molar-refractivity contribution in [2.75, 3.05) is 13.7 Å². The van der Waals surface area contributed by atoms with Crippen LogP contribution in [-0.4, -0.2) is 28.2 Å². The minimum absolute atomic E-state index is 0.0995. The molecule has 2 bridgehead atoms. The maximum absolute atomic E-state index is 14.7. The standard InChI is InChI=1S/C27H22FN5O2/c1-15-4-5-17(14-30-15)20-8-18(29-2)9-21-24(20)32-26(27-11-16(12-27)13-31-27)33(25(21)34)19-6-7-23(35-3)22(28)10-19/h4-10,14,16,31H,11-13H2,1,3H3. The van der Waals surface area contributed by atoms with Crippen molar-refractivity contribution in [1.29, 1.82) is 0 Å². The second-order valence-electron chi connectivity index (χ2n) is 9.32. The Morgan fingerprint density at radius 2 is 2.06 bits per heavy atom. The van der Waals surface area contributed by atoms with E-state index in [9.17, 15) is 9.18 Å². The second-order valence-corrected chi connectivity index (χ2v) is 9.32. The summed E-state index contributed by atoms with van der Waals surface area (Å²) in [4.78, 5) is 27.1. The SMILES string of the molecule is [C-]#[N+]c1cc(-c2ccc(C)nc2)c2nc(C34CC(CN3)C4)n(-c3ccc(OC)c(F)c3)c(=O)c2c1. The number of aryl methyl sites for hydroxylation is 1. The molecule has 3 aliphatic rings. The summed E-state index contributed by atoms with van der Waals surface area (Å²) in [5.41, 5.74) is 2.75. The zero-order chi connectivity index (χ0) is 24.3. The van der Waals surface area contributed by atoms with Gasteiger partial charge in [0, 0.05) is 23.5 Å². The predicted octanol–water partition coefficient (Wildman–Crippen LogP) is 4.66. The monoisotopic (exact) mass is 467 g/mol. The Morgan fingerprint density at radius 1 is 1.23 bits per heavy atom. The van der Waals surface area contributed by atoms with E-state index in [-0.39, 0.29) is 11.3 Å². The van der Waals surface area contributed by atoms with Crippen molar-refractivity contribution in [2.24, 2.45) is 5.92 Å². The second kappa shape index (κ2) is 7.72. The lowest BCUT2D eigenvalue weighted by atomic mass is 9.73. The lowest BCUT2D eigenvalue weighted by Gasteiger charge is -2.38. The molecule has 7 nitrogen and oxygen atoms in total. The molecule has 4 heterocycles. The average molecular weight is 468 g/mol. The normalized spacial score (nSPS) is 20.5. The van der Waals surface area contributed by atoms with Crippen LogP contribution in [0.2, 0.25) is 0 Å². The third-order valence-electron chi connectivity index (χ3n) is 7.13. The number of ether oxygens (including phenoxy) is 1. The van der Waals surface area contributed by atoms with Crippen LogP contribution in [0.3, 0.4) is 0 Å². The third-order valence-corrected chi connectivity index (χ3v) is 7.13. The summed E-state index contributed by atoms with van der Waals surface area (Å²) in [5.74, 6) is 0.633. The summed E-state index contributed by atoms with van der Waals surface area (Å²) in [5, 5.41) is 3.86. The number of pyridine rings is 1. The van der Waals surface area contributed by atoms with Crippen LogP contribution in [0.1, 0.15) is 24.4 Å². The van der Waals surface area contributed by atoms with Crippen LogP contribution in [0.4, 0.5) is 10.1 Å². The van der Waals surface area contributed by atoms with Gasteiger partial charge in [-0.1, -0.05) is 6.07 Å². The fourth-order valence-corrected chi connectivity index (χ4v) is 5.36. The number of nitrogens with zero attached hydrogens (tertiary/aromatic N) is 4. The molecule has 2 saturated heterocycles. The molecule has 8 heteroatoms. The first-order valence-electron chi connectivity index (χ1n) is 11.4. The maximum Gasteiger partial charge on any atom is 0.264 e. The molecule has 2 aliphatic heterocycles. The molecule has 2 aromatic carbocycles. The van der Waals surface area contributed by atoms with Crippen molar-refractivity contribution in [3.63, 3.8) is 0 Å². The first-order valence-corrected chi connectivity index (χ1v) is 11.4. The number of hydrogen-bond donors (Lipinski definition) is 1. The van der Waals surface area contributed by atoms with Crippen LogP contribution in [-0.2, 0) is 5.54 Å². The van der Waals surface area contributed by atoms with E-state index in [0.717, 1.165) is 30.6 Å². The summed E-state index contributed by atoms with van der Waals surface area (Å²) in [6, 6.07) is 11.6. The van der Waals surface area contributed by atoms with Gasteiger partial charge < -0.3 is 10.1 Å². The Labute approximate surface area is 201 Å². The van der Waals surface area contributed by atoms with E-state index in [4.69, 9.17) is 16.3 Å². The number of rotatable bonds is 4. The highest BCUT2D eigenvalue weighted by atomic mass is 19.1. The molecule has 174 valence electrons. The summed E-state index contributed by atoms with van der Waals surface area (Å²) in [7, 11) is 1.40. The van der Waals surface area contributed by atoms with E-state index in [1.54, 1.807) is 24.4 Å². The number of methoxy groups -OCH3 is 1. The zero-order valence-corrected chi connectivity index (χ0v) is 19.3. The van der Waals surface area contributed by atoms with Gasteiger partial charge in [-0.2, -0.15) is 0 Å². The van der Waals surface area contributed by atoms with Crippen molar-refractivity contribution in [3.8, 4) is 22.6 Å². The molecule has 0 radical (unpaired) electrons. The van der Waals surface area contributed by atoms with Gasteiger partial charge >= 0.3 is 0 Å². The highest BCUT2D eigenvalue weighted by Gasteiger charge is 2.54. The number of fused-ring (bicyclic) bond motifs is 2. The molecule has 2 aromatic heterocycles. The first-order chi connectivity index (χ1) is 16.9. The van der Waals surface area contributed by atoms with E-state index < -0.39 is 11.4 Å². The lowest BCUT2D eigenvalue weighted by Crippen LogP contribution is -2.45.